The van der Waals surface area contributed by atoms with E-state index in [1.165, 1.54) is 10.6 Å². The van der Waals surface area contributed by atoms with Crippen molar-refractivity contribution < 1.29 is 0 Å². The average Bonchev–Trinajstić information content (AvgIpc) is 2.82. The van der Waals surface area contributed by atoms with Gasteiger partial charge in [-0.15, -0.1) is 11.3 Å². The minimum atomic E-state index is 0.796. The van der Waals surface area contributed by atoms with Crippen LogP contribution in [0.4, 0.5) is 5.69 Å². The lowest BCUT2D eigenvalue weighted by Gasteiger charge is -2.23. The predicted octanol–water partition coefficient (Wildman–Crippen LogP) is 4.91. The molecule has 2 rings (SSSR count). The van der Waals surface area contributed by atoms with Gasteiger partial charge in [0.15, 0.2) is 0 Å². The highest BCUT2D eigenvalue weighted by Gasteiger charge is 2.11. The zero-order valence-corrected chi connectivity index (χ0v) is 14.8. The van der Waals surface area contributed by atoms with Crippen LogP contribution in [0.3, 0.4) is 0 Å². The molecule has 2 nitrogen and oxygen atoms in total. The Morgan fingerprint density at radius 3 is 2.85 bits per heavy atom. The van der Waals surface area contributed by atoms with Gasteiger partial charge in [-0.2, -0.15) is 0 Å². The number of nitrogens with one attached hydrogen (secondary N) is 1. The number of nitrogens with zero attached hydrogens (tertiary/aromatic N) is 1. The molecule has 0 aliphatic heterocycles. The predicted molar refractivity (Wildman–Crippen MR) is 93.0 cm³/mol. The van der Waals surface area contributed by atoms with Crippen LogP contribution >= 0.6 is 38.9 Å². The largest absolute Gasteiger partial charge is 0.369 e. The Labute approximate surface area is 137 Å². The molecule has 0 amide bonds. The second-order valence-electron chi connectivity index (χ2n) is 4.61. The Hall–Kier alpha value is -0.550. The van der Waals surface area contributed by atoms with Crippen LogP contribution in [-0.2, 0) is 13.1 Å². The molecule has 0 radical (unpaired) electrons. The van der Waals surface area contributed by atoms with Gasteiger partial charge in [-0.05, 0) is 40.7 Å². The summed E-state index contributed by atoms with van der Waals surface area (Å²) in [5.74, 6) is 0. The Morgan fingerprint density at radius 1 is 1.40 bits per heavy atom. The summed E-state index contributed by atoms with van der Waals surface area (Å²) in [6.45, 7) is 4.72. The van der Waals surface area contributed by atoms with Gasteiger partial charge >= 0.3 is 0 Å². The molecule has 108 valence electrons. The van der Waals surface area contributed by atoms with Crippen LogP contribution in [0, 0.1) is 0 Å². The third-order valence-corrected chi connectivity index (χ3v) is 5.11. The number of anilines is 1. The van der Waals surface area contributed by atoms with Gasteiger partial charge in [0.05, 0.1) is 6.54 Å². The van der Waals surface area contributed by atoms with Crippen LogP contribution in [0.25, 0.3) is 0 Å². The van der Waals surface area contributed by atoms with Crippen molar-refractivity contribution in [2.45, 2.75) is 20.0 Å². The van der Waals surface area contributed by atoms with Gasteiger partial charge in [-0.3, -0.25) is 0 Å². The zero-order chi connectivity index (χ0) is 14.5. The summed E-state index contributed by atoms with van der Waals surface area (Å²) in [5.41, 5.74) is 2.34. The van der Waals surface area contributed by atoms with Crippen LogP contribution in [0.2, 0.25) is 5.02 Å². The first kappa shape index (κ1) is 15.8. The fourth-order valence-electron chi connectivity index (χ4n) is 2.09. The van der Waals surface area contributed by atoms with E-state index in [9.17, 15) is 0 Å². The summed E-state index contributed by atoms with van der Waals surface area (Å²) in [7, 11) is 2.11. The van der Waals surface area contributed by atoms with Crippen molar-refractivity contribution in [3.05, 3.63) is 49.6 Å². The Kier molecular flexibility index (Phi) is 5.90. The highest BCUT2D eigenvalue weighted by Crippen LogP contribution is 2.29. The minimum Gasteiger partial charge on any atom is -0.369 e. The summed E-state index contributed by atoms with van der Waals surface area (Å²) >= 11 is 11.6. The van der Waals surface area contributed by atoms with E-state index in [-0.39, 0.29) is 0 Å². The maximum atomic E-state index is 6.34. The highest BCUT2D eigenvalue weighted by atomic mass is 79.9. The van der Waals surface area contributed by atoms with Gasteiger partial charge in [-0.1, -0.05) is 24.6 Å². The van der Waals surface area contributed by atoms with Gasteiger partial charge in [0.2, 0.25) is 0 Å². The van der Waals surface area contributed by atoms with E-state index in [1.54, 1.807) is 11.3 Å². The van der Waals surface area contributed by atoms with E-state index in [2.05, 4.69) is 57.6 Å². The number of halogens is 2. The van der Waals surface area contributed by atoms with E-state index in [0.29, 0.717) is 0 Å². The van der Waals surface area contributed by atoms with Crippen LogP contribution in [0.15, 0.2) is 34.1 Å². The first-order valence-electron chi connectivity index (χ1n) is 6.54. The molecule has 5 heteroatoms. The molecule has 1 aromatic carbocycles. The number of thiophene rings is 1. The van der Waals surface area contributed by atoms with E-state index in [4.69, 9.17) is 11.6 Å². The maximum Gasteiger partial charge on any atom is 0.0520 e. The second-order valence-corrected chi connectivity index (χ2v) is 6.92. The monoisotopic (exact) mass is 372 g/mol. The first-order valence-corrected chi connectivity index (χ1v) is 8.59. The number of hydrogen-bond donors (Lipinski definition) is 1. The normalized spacial score (nSPS) is 10.8. The maximum absolute atomic E-state index is 6.34. The fraction of sp³-hybridized carbons (Fsp3) is 0.333. The van der Waals surface area contributed by atoms with Crippen molar-refractivity contribution >= 4 is 44.6 Å². The molecule has 0 fully saturated rings. The number of hydrogen-bond acceptors (Lipinski definition) is 3. The molecule has 1 aromatic heterocycles. The Morgan fingerprint density at radius 2 is 2.20 bits per heavy atom. The van der Waals surface area contributed by atoms with Crippen molar-refractivity contribution in [2.24, 2.45) is 0 Å². The molecule has 0 bridgehead atoms. The standard InChI is InChI=1S/C15H18BrClN2S/c1-3-18-8-13-14(17)5-4-6-15(13)19(2)9-12-7-11(16)10-20-12/h4-7,10,18H,3,8-9H2,1-2H3. The van der Waals surface area contributed by atoms with Gasteiger partial charge in [0, 0.05) is 44.6 Å². The van der Waals surface area contributed by atoms with E-state index in [1.807, 2.05) is 12.1 Å². The van der Waals surface area contributed by atoms with Crippen molar-refractivity contribution in [1.29, 1.82) is 0 Å². The van der Waals surface area contributed by atoms with Crippen molar-refractivity contribution in [3.63, 3.8) is 0 Å². The van der Waals surface area contributed by atoms with E-state index < -0.39 is 0 Å². The topological polar surface area (TPSA) is 15.3 Å². The molecule has 2 aromatic rings. The summed E-state index contributed by atoms with van der Waals surface area (Å²) < 4.78 is 1.14. The number of benzene rings is 1. The third-order valence-electron chi connectivity index (χ3n) is 3.07. The molecule has 1 N–H and O–H groups in total. The Balaban J connectivity index is 2.20. The molecule has 20 heavy (non-hydrogen) atoms. The van der Waals surface area contributed by atoms with Crippen LogP contribution in [0.1, 0.15) is 17.4 Å². The molecule has 1 heterocycles. The summed E-state index contributed by atoms with van der Waals surface area (Å²) in [6, 6.07) is 8.25. The quantitative estimate of drug-likeness (QED) is 0.774. The summed E-state index contributed by atoms with van der Waals surface area (Å²) in [4.78, 5) is 3.57. The molecule has 0 unspecified atom stereocenters. The molecule has 0 aliphatic rings. The SMILES string of the molecule is CCNCc1c(Cl)cccc1N(C)Cc1cc(Br)cs1. The van der Waals surface area contributed by atoms with E-state index >= 15 is 0 Å². The zero-order valence-electron chi connectivity index (χ0n) is 11.6. The van der Waals surface area contributed by atoms with Crippen molar-refractivity contribution in [3.8, 4) is 0 Å². The first-order chi connectivity index (χ1) is 9.61. The van der Waals surface area contributed by atoms with Gasteiger partial charge in [-0.25, -0.2) is 0 Å². The molecular weight excluding hydrogens is 356 g/mol. The third kappa shape index (κ3) is 3.98. The smallest absolute Gasteiger partial charge is 0.0520 e. The second kappa shape index (κ2) is 7.46. The molecule has 0 saturated carbocycles. The van der Waals surface area contributed by atoms with Crippen molar-refractivity contribution in [1.82, 2.24) is 5.32 Å². The average molecular weight is 374 g/mol. The summed E-state index contributed by atoms with van der Waals surface area (Å²) in [5, 5.41) is 6.29. The Bertz CT molecular complexity index is 571. The van der Waals surface area contributed by atoms with Gasteiger partial charge in [0.25, 0.3) is 0 Å². The molecule has 0 aliphatic carbocycles. The number of rotatable bonds is 6. The van der Waals surface area contributed by atoms with E-state index in [0.717, 1.165) is 34.7 Å². The molecule has 0 spiro atoms. The molecule has 0 saturated heterocycles. The molecular formula is C15H18BrClN2S. The highest BCUT2D eigenvalue weighted by molar-refractivity contribution is 9.10. The summed E-state index contributed by atoms with van der Waals surface area (Å²) in [6.07, 6.45) is 0. The minimum absolute atomic E-state index is 0.796. The van der Waals surface area contributed by atoms with Crippen LogP contribution in [-0.4, -0.2) is 13.6 Å². The lowest BCUT2D eigenvalue weighted by molar-refractivity contribution is 0.723. The van der Waals surface area contributed by atoms with Crippen molar-refractivity contribution in [2.75, 3.05) is 18.5 Å². The lowest BCUT2D eigenvalue weighted by atomic mass is 10.1. The van der Waals surface area contributed by atoms with Crippen LogP contribution < -0.4 is 10.2 Å². The molecule has 0 atom stereocenters. The van der Waals surface area contributed by atoms with Gasteiger partial charge < -0.3 is 10.2 Å². The lowest BCUT2D eigenvalue weighted by Crippen LogP contribution is -2.20. The van der Waals surface area contributed by atoms with Crippen LogP contribution in [0.5, 0.6) is 0 Å². The fourth-order valence-corrected chi connectivity index (χ4v) is 3.83. The van der Waals surface area contributed by atoms with Gasteiger partial charge in [0.1, 0.15) is 0 Å².